The molecule has 0 bridgehead atoms. The zero-order valence-corrected chi connectivity index (χ0v) is 11.0. The molecule has 1 saturated carbocycles. The Morgan fingerprint density at radius 1 is 1.41 bits per heavy atom. The fraction of sp³-hybridized carbons (Fsp3) is 0.846. The number of aliphatic carboxylic acids is 1. The lowest BCUT2D eigenvalue weighted by molar-refractivity contribution is -0.142. The molecule has 0 aliphatic heterocycles. The van der Waals surface area contributed by atoms with E-state index in [0.717, 1.165) is 37.3 Å². The molecular formula is C13H23NO3. The van der Waals surface area contributed by atoms with Crippen molar-refractivity contribution >= 4 is 11.7 Å². The van der Waals surface area contributed by atoms with Crippen LogP contribution in [0.3, 0.4) is 0 Å². The highest BCUT2D eigenvalue weighted by Gasteiger charge is 2.26. The van der Waals surface area contributed by atoms with Gasteiger partial charge >= 0.3 is 5.97 Å². The van der Waals surface area contributed by atoms with E-state index < -0.39 is 5.97 Å². The van der Waals surface area contributed by atoms with Crippen molar-refractivity contribution in [2.24, 2.45) is 16.5 Å². The topological polar surface area (TPSA) is 58.9 Å². The molecule has 0 saturated heterocycles. The van der Waals surface area contributed by atoms with E-state index >= 15 is 0 Å². The number of oxime groups is 1. The number of nitrogens with zero attached hydrogens (tertiary/aromatic N) is 1. The zero-order chi connectivity index (χ0) is 12.9. The highest BCUT2D eigenvalue weighted by Crippen LogP contribution is 2.36. The van der Waals surface area contributed by atoms with Crippen LogP contribution in [0, 0.1) is 11.3 Å². The summed E-state index contributed by atoms with van der Waals surface area (Å²) in [4.78, 5) is 15.1. The Kier molecular flexibility index (Phi) is 4.97. The Morgan fingerprint density at radius 2 is 2.12 bits per heavy atom. The average Bonchev–Trinajstić information content (AvgIpc) is 2.41. The predicted octanol–water partition coefficient (Wildman–Crippen LogP) is 3.07. The number of rotatable bonds is 3. The van der Waals surface area contributed by atoms with Crippen LogP contribution >= 0.6 is 0 Å². The lowest BCUT2D eigenvalue weighted by Gasteiger charge is -2.29. The molecule has 0 spiro atoms. The monoisotopic (exact) mass is 241 g/mol. The first kappa shape index (κ1) is 14.0. The first-order valence-corrected chi connectivity index (χ1v) is 6.29. The summed E-state index contributed by atoms with van der Waals surface area (Å²) >= 11 is 0. The van der Waals surface area contributed by atoms with Gasteiger partial charge in [-0.3, -0.25) is 0 Å². The maximum absolute atomic E-state index is 10.3. The minimum atomic E-state index is -0.976. The summed E-state index contributed by atoms with van der Waals surface area (Å²) in [7, 11) is 0. The van der Waals surface area contributed by atoms with E-state index in [1.165, 1.54) is 6.42 Å². The van der Waals surface area contributed by atoms with E-state index in [0.29, 0.717) is 5.41 Å². The summed E-state index contributed by atoms with van der Waals surface area (Å²) in [6, 6.07) is 0. The summed E-state index contributed by atoms with van der Waals surface area (Å²) in [5.74, 6) is -0.259. The molecule has 0 aromatic rings. The molecule has 1 atom stereocenters. The predicted molar refractivity (Wildman–Crippen MR) is 67.1 cm³/mol. The third-order valence-electron chi connectivity index (χ3n) is 3.41. The number of carboxylic acid groups (broad SMARTS) is 1. The third-order valence-corrected chi connectivity index (χ3v) is 3.41. The Hall–Kier alpha value is -1.06. The summed E-state index contributed by atoms with van der Waals surface area (Å²) < 4.78 is 0. The van der Waals surface area contributed by atoms with Gasteiger partial charge in [-0.1, -0.05) is 25.9 Å². The molecule has 0 radical (unpaired) electrons. The summed E-state index contributed by atoms with van der Waals surface area (Å²) in [5, 5.41) is 12.4. The average molecular weight is 241 g/mol. The van der Waals surface area contributed by atoms with Gasteiger partial charge < -0.3 is 9.94 Å². The maximum atomic E-state index is 10.3. The fourth-order valence-corrected chi connectivity index (χ4v) is 2.30. The van der Waals surface area contributed by atoms with Crippen molar-refractivity contribution in [2.45, 2.75) is 52.9 Å². The van der Waals surface area contributed by atoms with Gasteiger partial charge in [0.25, 0.3) is 0 Å². The van der Waals surface area contributed by atoms with Crippen LogP contribution in [-0.4, -0.2) is 23.4 Å². The van der Waals surface area contributed by atoms with Crippen molar-refractivity contribution in [1.29, 1.82) is 0 Å². The molecule has 1 aliphatic carbocycles. The standard InChI is InChI=1S/C13H23NO3/c1-13(2,3)10-5-4-6-11(8-7-10)14-17-9-12(15)16/h10H,4-9H2,1-3H3,(H,15,16). The summed E-state index contributed by atoms with van der Waals surface area (Å²) in [5.41, 5.74) is 1.36. The van der Waals surface area contributed by atoms with Crippen molar-refractivity contribution in [3.8, 4) is 0 Å². The highest BCUT2D eigenvalue weighted by molar-refractivity contribution is 5.84. The van der Waals surface area contributed by atoms with E-state index in [1.54, 1.807) is 0 Å². The van der Waals surface area contributed by atoms with Crippen LogP contribution in [0.5, 0.6) is 0 Å². The minimum Gasteiger partial charge on any atom is -0.479 e. The molecule has 1 rings (SSSR count). The van der Waals surface area contributed by atoms with Gasteiger partial charge in [0.1, 0.15) is 0 Å². The van der Waals surface area contributed by atoms with Crippen LogP contribution in [0.1, 0.15) is 52.9 Å². The second-order valence-electron chi connectivity index (χ2n) is 5.82. The summed E-state index contributed by atoms with van der Waals surface area (Å²) in [6.07, 6.45) is 5.34. The van der Waals surface area contributed by atoms with E-state index in [9.17, 15) is 4.79 Å². The molecule has 0 amide bonds. The van der Waals surface area contributed by atoms with E-state index in [4.69, 9.17) is 9.94 Å². The van der Waals surface area contributed by atoms with E-state index in [1.807, 2.05) is 0 Å². The van der Waals surface area contributed by atoms with Crippen LogP contribution < -0.4 is 0 Å². The zero-order valence-electron chi connectivity index (χ0n) is 11.0. The van der Waals surface area contributed by atoms with Crippen molar-refractivity contribution in [2.75, 3.05) is 6.61 Å². The molecule has 98 valence electrons. The number of carboxylic acids is 1. The Bertz CT molecular complexity index is 292. The van der Waals surface area contributed by atoms with Gasteiger partial charge in [0.15, 0.2) is 0 Å². The van der Waals surface area contributed by atoms with Gasteiger partial charge in [-0.15, -0.1) is 0 Å². The smallest absolute Gasteiger partial charge is 0.344 e. The molecule has 4 heteroatoms. The second-order valence-corrected chi connectivity index (χ2v) is 5.82. The van der Waals surface area contributed by atoms with Crippen molar-refractivity contribution < 1.29 is 14.7 Å². The third kappa shape index (κ3) is 5.20. The lowest BCUT2D eigenvalue weighted by atomic mass is 9.76. The van der Waals surface area contributed by atoms with Crippen LogP contribution in [0.25, 0.3) is 0 Å². The molecule has 17 heavy (non-hydrogen) atoms. The van der Waals surface area contributed by atoms with Gasteiger partial charge in [-0.25, -0.2) is 4.79 Å². The van der Waals surface area contributed by atoms with Gasteiger partial charge in [-0.05, 0) is 43.4 Å². The van der Waals surface area contributed by atoms with Crippen molar-refractivity contribution in [3.05, 3.63) is 0 Å². The Labute approximate surface area is 103 Å². The van der Waals surface area contributed by atoms with Crippen LogP contribution in [0.2, 0.25) is 0 Å². The Balaban J connectivity index is 2.45. The minimum absolute atomic E-state index is 0.341. The molecule has 0 aromatic carbocycles. The SMILES string of the molecule is CC(C)(C)C1CCCC(=NOCC(=O)O)CC1. The molecular weight excluding hydrogens is 218 g/mol. The van der Waals surface area contributed by atoms with Gasteiger partial charge in [0.05, 0.1) is 5.71 Å². The Morgan fingerprint density at radius 3 is 2.71 bits per heavy atom. The fourth-order valence-electron chi connectivity index (χ4n) is 2.30. The van der Waals surface area contributed by atoms with Crippen molar-refractivity contribution in [1.82, 2.24) is 0 Å². The summed E-state index contributed by atoms with van der Waals surface area (Å²) in [6.45, 7) is 6.49. The van der Waals surface area contributed by atoms with E-state index in [-0.39, 0.29) is 6.61 Å². The maximum Gasteiger partial charge on any atom is 0.344 e. The first-order valence-electron chi connectivity index (χ1n) is 6.29. The van der Waals surface area contributed by atoms with Crippen LogP contribution in [0.4, 0.5) is 0 Å². The van der Waals surface area contributed by atoms with Crippen LogP contribution in [0.15, 0.2) is 5.16 Å². The molecule has 0 aromatic heterocycles. The second kappa shape index (κ2) is 6.03. The largest absolute Gasteiger partial charge is 0.479 e. The highest BCUT2D eigenvalue weighted by atomic mass is 16.6. The van der Waals surface area contributed by atoms with E-state index in [2.05, 4.69) is 25.9 Å². The quantitative estimate of drug-likeness (QED) is 0.610. The van der Waals surface area contributed by atoms with Gasteiger partial charge in [0, 0.05) is 0 Å². The molecule has 1 unspecified atom stereocenters. The van der Waals surface area contributed by atoms with Crippen LogP contribution in [-0.2, 0) is 9.63 Å². The normalized spacial score (nSPS) is 24.4. The number of carbonyl (C=O) groups is 1. The molecule has 1 aliphatic rings. The molecule has 4 nitrogen and oxygen atoms in total. The lowest BCUT2D eigenvalue weighted by Crippen LogP contribution is -2.19. The molecule has 1 fully saturated rings. The molecule has 0 heterocycles. The first-order chi connectivity index (χ1) is 7.89. The number of hydrogen-bond donors (Lipinski definition) is 1. The molecule has 1 N–H and O–H groups in total. The number of hydrogen-bond acceptors (Lipinski definition) is 3. The van der Waals surface area contributed by atoms with Crippen molar-refractivity contribution in [3.63, 3.8) is 0 Å². The van der Waals surface area contributed by atoms with Gasteiger partial charge in [0.2, 0.25) is 6.61 Å². The van der Waals surface area contributed by atoms with Gasteiger partial charge in [-0.2, -0.15) is 0 Å².